The van der Waals surface area contributed by atoms with Crippen molar-refractivity contribution in [3.63, 3.8) is 0 Å². The van der Waals surface area contributed by atoms with Gasteiger partial charge in [0.15, 0.2) is 0 Å². The Kier molecular flexibility index (Phi) is 12.4. The highest BCUT2D eigenvalue weighted by Gasteiger charge is 2.14. The highest BCUT2D eigenvalue weighted by molar-refractivity contribution is 6.00. The molecule has 1 heterocycles. The van der Waals surface area contributed by atoms with Crippen LogP contribution in [0.15, 0.2) is 72.8 Å². The predicted octanol–water partition coefficient (Wildman–Crippen LogP) is 6.38. The molecule has 1 atom stereocenters. The van der Waals surface area contributed by atoms with Crippen LogP contribution in [0.3, 0.4) is 0 Å². The number of hydrogen-bond acceptors (Lipinski definition) is 5. The molecular formula is C35H46N4O3. The molecule has 42 heavy (non-hydrogen) atoms. The first-order valence-electron chi connectivity index (χ1n) is 15.4. The number of benzene rings is 3. The predicted molar refractivity (Wildman–Crippen MR) is 171 cm³/mol. The summed E-state index contributed by atoms with van der Waals surface area (Å²) in [6.07, 6.45) is 5.69. The summed E-state index contributed by atoms with van der Waals surface area (Å²) in [6, 6.07) is 24.1. The lowest BCUT2D eigenvalue weighted by Gasteiger charge is -2.26. The molecule has 1 fully saturated rings. The molecule has 4 rings (SSSR count). The molecule has 224 valence electrons. The highest BCUT2D eigenvalue weighted by Crippen LogP contribution is 2.26. The van der Waals surface area contributed by atoms with Crippen LogP contribution >= 0.6 is 0 Å². The van der Waals surface area contributed by atoms with Crippen LogP contribution in [0.2, 0.25) is 0 Å². The maximum Gasteiger partial charge on any atom is 0.253 e. The lowest BCUT2D eigenvalue weighted by molar-refractivity contribution is -0.124. The third-order valence-corrected chi connectivity index (χ3v) is 7.82. The van der Waals surface area contributed by atoms with Gasteiger partial charge >= 0.3 is 0 Å². The molecule has 0 radical (unpaired) electrons. The summed E-state index contributed by atoms with van der Waals surface area (Å²) in [5.41, 5.74) is 5.56. The van der Waals surface area contributed by atoms with E-state index in [1.807, 2.05) is 49.4 Å². The zero-order chi connectivity index (χ0) is 29.6. The Morgan fingerprint density at radius 3 is 2.45 bits per heavy atom. The Hall–Kier alpha value is -3.68. The van der Waals surface area contributed by atoms with Crippen molar-refractivity contribution in [3.05, 3.63) is 83.9 Å². The molecule has 1 unspecified atom stereocenters. The second kappa shape index (κ2) is 16.7. The van der Waals surface area contributed by atoms with E-state index in [2.05, 4.69) is 58.1 Å². The van der Waals surface area contributed by atoms with Crippen molar-refractivity contribution < 1.29 is 14.3 Å². The number of amides is 2. The molecule has 0 saturated carbocycles. The van der Waals surface area contributed by atoms with Gasteiger partial charge in [-0.2, -0.15) is 0 Å². The van der Waals surface area contributed by atoms with Crippen LogP contribution in [0.4, 0.5) is 11.4 Å². The van der Waals surface area contributed by atoms with Gasteiger partial charge in [-0.1, -0.05) is 82.0 Å². The lowest BCUT2D eigenvalue weighted by atomic mass is 10.0. The average molecular weight is 571 g/mol. The number of anilines is 2. The Bertz CT molecular complexity index is 1270. The van der Waals surface area contributed by atoms with E-state index in [1.165, 1.54) is 19.3 Å². The van der Waals surface area contributed by atoms with Crippen LogP contribution in [-0.2, 0) is 16.1 Å². The number of rotatable bonds is 15. The standard InChI is InChI=1S/C35H46N4O3/c1-3-4-5-6-10-27(2)34(40)37-26-28-11-9-12-30(25-28)29-15-17-31(18-16-29)38-33-14-8-7-13-32(33)35(41)36-19-20-39-21-23-42-24-22-39/h7-9,11-18,25,27,38H,3-6,10,19-24,26H2,1-2H3,(H,36,41)(H,37,40). The SMILES string of the molecule is CCCCCCC(C)C(=O)NCc1cccc(-c2ccc(Nc3ccccc3C(=O)NCCN3CCOCC3)cc2)c1. The molecule has 1 aliphatic rings. The average Bonchev–Trinajstić information content (AvgIpc) is 3.03. The van der Waals surface area contributed by atoms with E-state index >= 15 is 0 Å². The second-order valence-electron chi connectivity index (χ2n) is 11.1. The zero-order valence-electron chi connectivity index (χ0n) is 25.2. The Balaban J connectivity index is 1.30. The molecule has 0 spiro atoms. The number of morpholine rings is 1. The number of nitrogens with one attached hydrogen (secondary N) is 3. The first kappa shape index (κ1) is 31.3. The minimum atomic E-state index is -0.0854. The second-order valence-corrected chi connectivity index (χ2v) is 11.1. The highest BCUT2D eigenvalue weighted by atomic mass is 16.5. The van der Waals surface area contributed by atoms with Crippen molar-refractivity contribution in [2.24, 2.45) is 5.92 Å². The molecule has 1 aliphatic heterocycles. The van der Waals surface area contributed by atoms with Crippen molar-refractivity contribution in [1.82, 2.24) is 15.5 Å². The van der Waals surface area contributed by atoms with Crippen molar-refractivity contribution in [3.8, 4) is 11.1 Å². The van der Waals surface area contributed by atoms with E-state index in [4.69, 9.17) is 4.74 Å². The van der Waals surface area contributed by atoms with E-state index in [9.17, 15) is 9.59 Å². The van der Waals surface area contributed by atoms with Crippen molar-refractivity contribution in [2.75, 3.05) is 44.7 Å². The van der Waals surface area contributed by atoms with Crippen LogP contribution in [0.5, 0.6) is 0 Å². The molecule has 3 aromatic carbocycles. The molecule has 0 aromatic heterocycles. The van der Waals surface area contributed by atoms with Gasteiger partial charge in [-0.25, -0.2) is 0 Å². The monoisotopic (exact) mass is 570 g/mol. The van der Waals surface area contributed by atoms with Crippen LogP contribution in [0, 0.1) is 5.92 Å². The molecular weight excluding hydrogens is 524 g/mol. The normalized spacial score (nSPS) is 14.2. The summed E-state index contributed by atoms with van der Waals surface area (Å²) >= 11 is 0. The van der Waals surface area contributed by atoms with Crippen LogP contribution in [0.1, 0.15) is 61.9 Å². The van der Waals surface area contributed by atoms with Gasteiger partial charge in [0.05, 0.1) is 24.5 Å². The van der Waals surface area contributed by atoms with E-state index < -0.39 is 0 Å². The minimum Gasteiger partial charge on any atom is -0.379 e. The summed E-state index contributed by atoms with van der Waals surface area (Å²) in [6.45, 7) is 9.48. The van der Waals surface area contributed by atoms with Gasteiger partial charge in [-0.05, 0) is 53.4 Å². The van der Waals surface area contributed by atoms with Crippen molar-refractivity contribution in [1.29, 1.82) is 0 Å². The van der Waals surface area contributed by atoms with Gasteiger partial charge in [0.25, 0.3) is 5.91 Å². The number of carbonyl (C=O) groups is 2. The van der Waals surface area contributed by atoms with E-state index in [0.29, 0.717) is 18.7 Å². The fraction of sp³-hybridized carbons (Fsp3) is 0.429. The Morgan fingerprint density at radius 2 is 1.67 bits per heavy atom. The summed E-state index contributed by atoms with van der Waals surface area (Å²) in [5.74, 6) is 0.0764. The van der Waals surface area contributed by atoms with E-state index in [1.54, 1.807) is 0 Å². The number of nitrogens with zero attached hydrogens (tertiary/aromatic N) is 1. The van der Waals surface area contributed by atoms with Crippen molar-refractivity contribution >= 4 is 23.2 Å². The largest absolute Gasteiger partial charge is 0.379 e. The molecule has 2 amide bonds. The number of hydrogen-bond donors (Lipinski definition) is 3. The van der Waals surface area contributed by atoms with Gasteiger partial charge in [-0.3, -0.25) is 14.5 Å². The van der Waals surface area contributed by atoms with E-state index in [-0.39, 0.29) is 17.7 Å². The maximum absolute atomic E-state index is 13.0. The quantitative estimate of drug-likeness (QED) is 0.185. The molecule has 3 N–H and O–H groups in total. The molecule has 1 saturated heterocycles. The van der Waals surface area contributed by atoms with Crippen molar-refractivity contribution in [2.45, 2.75) is 52.5 Å². The number of ether oxygens (including phenoxy) is 1. The summed E-state index contributed by atoms with van der Waals surface area (Å²) in [5, 5.41) is 9.58. The van der Waals surface area contributed by atoms with Gasteiger partial charge in [-0.15, -0.1) is 0 Å². The first-order valence-corrected chi connectivity index (χ1v) is 15.4. The number of unbranched alkanes of at least 4 members (excludes halogenated alkanes) is 3. The minimum absolute atomic E-state index is 0.0383. The molecule has 7 heteroatoms. The van der Waals surface area contributed by atoms with Gasteiger partial charge in [0, 0.05) is 44.3 Å². The van der Waals surface area contributed by atoms with Gasteiger partial charge in [0.1, 0.15) is 0 Å². The molecule has 0 aliphatic carbocycles. The molecule has 7 nitrogen and oxygen atoms in total. The summed E-state index contributed by atoms with van der Waals surface area (Å²) in [7, 11) is 0. The zero-order valence-corrected chi connectivity index (χ0v) is 25.2. The smallest absolute Gasteiger partial charge is 0.253 e. The van der Waals surface area contributed by atoms with Crippen LogP contribution in [-0.4, -0.2) is 56.1 Å². The topological polar surface area (TPSA) is 82.7 Å². The third kappa shape index (κ3) is 9.71. The first-order chi connectivity index (χ1) is 20.5. The fourth-order valence-electron chi connectivity index (χ4n) is 5.17. The third-order valence-electron chi connectivity index (χ3n) is 7.82. The molecule has 0 bridgehead atoms. The Morgan fingerprint density at radius 1 is 0.881 bits per heavy atom. The van der Waals surface area contributed by atoms with E-state index in [0.717, 1.165) is 73.8 Å². The van der Waals surface area contributed by atoms with Gasteiger partial charge < -0.3 is 20.7 Å². The lowest BCUT2D eigenvalue weighted by Crippen LogP contribution is -2.41. The summed E-state index contributed by atoms with van der Waals surface area (Å²) < 4.78 is 5.40. The van der Waals surface area contributed by atoms with Crippen LogP contribution in [0.25, 0.3) is 11.1 Å². The molecule has 3 aromatic rings. The Labute approximate surface area is 251 Å². The number of para-hydroxylation sites is 1. The maximum atomic E-state index is 13.0. The number of carbonyl (C=O) groups excluding carboxylic acids is 2. The van der Waals surface area contributed by atoms with Gasteiger partial charge in [0.2, 0.25) is 5.91 Å². The fourth-order valence-corrected chi connectivity index (χ4v) is 5.17. The van der Waals surface area contributed by atoms with Crippen LogP contribution < -0.4 is 16.0 Å². The summed E-state index contributed by atoms with van der Waals surface area (Å²) in [4.78, 5) is 27.8.